The molecule has 1 saturated heterocycles. The third-order valence-corrected chi connectivity index (χ3v) is 6.52. The lowest BCUT2D eigenvalue weighted by molar-refractivity contribution is -0.130. The maximum absolute atomic E-state index is 13.2. The van der Waals surface area contributed by atoms with Crippen LogP contribution >= 0.6 is 0 Å². The smallest absolute Gasteiger partial charge is 0.361 e. The molecule has 1 amide bonds. The molecule has 0 unspecified atom stereocenters. The van der Waals surface area contributed by atoms with E-state index >= 15 is 0 Å². The zero-order valence-electron chi connectivity index (χ0n) is 21.1. The molecule has 4 N–H and O–H groups in total. The van der Waals surface area contributed by atoms with Gasteiger partial charge in [-0.25, -0.2) is 19.2 Å². The highest BCUT2D eigenvalue weighted by Gasteiger charge is 2.28. The van der Waals surface area contributed by atoms with Gasteiger partial charge in [0.05, 0.1) is 24.1 Å². The number of halogens is 1. The van der Waals surface area contributed by atoms with E-state index in [0.717, 1.165) is 25.9 Å². The minimum Gasteiger partial charge on any atom is -0.442 e. The van der Waals surface area contributed by atoms with E-state index in [4.69, 9.17) is 10.5 Å². The number of benzene rings is 2. The molecule has 3 heterocycles. The number of nitrogens with two attached hydrogens (primary N) is 1. The fraction of sp³-hybridized carbons (Fsp3) is 0.250. The number of carbonyl (C=O) groups is 2. The van der Waals surface area contributed by atoms with Crippen LogP contribution in [-0.2, 0) is 16.1 Å². The van der Waals surface area contributed by atoms with Crippen LogP contribution in [0.1, 0.15) is 46.6 Å². The third kappa shape index (κ3) is 6.27. The second-order valence-electron chi connectivity index (χ2n) is 9.22. The molecule has 39 heavy (non-hydrogen) atoms. The van der Waals surface area contributed by atoms with Crippen molar-refractivity contribution in [2.75, 3.05) is 18.8 Å². The molecule has 0 bridgehead atoms. The van der Waals surface area contributed by atoms with E-state index in [9.17, 15) is 14.0 Å². The van der Waals surface area contributed by atoms with Gasteiger partial charge in [-0.15, -0.1) is 0 Å². The summed E-state index contributed by atoms with van der Waals surface area (Å²) in [5.41, 5.74) is 8.05. The first-order valence-corrected chi connectivity index (χ1v) is 12.6. The Kier molecular flexibility index (Phi) is 7.88. The molecular formula is C28H28FN7O3. The predicted octanol–water partition coefficient (Wildman–Crippen LogP) is 3.20. The summed E-state index contributed by atoms with van der Waals surface area (Å²) in [6.07, 6.45) is 5.69. The number of nitrogens with one attached hydrogen (secondary N) is 2. The Labute approximate surface area is 224 Å². The number of nitrogens with zero attached hydrogens (tertiary/aromatic N) is 4. The fourth-order valence-electron chi connectivity index (χ4n) is 4.38. The number of hydrogen-bond donors (Lipinski definition) is 3. The van der Waals surface area contributed by atoms with E-state index in [2.05, 4.69) is 25.7 Å². The minimum atomic E-state index is -1.27. The Balaban J connectivity index is 1.34. The normalized spacial score (nSPS) is 14.5. The monoisotopic (exact) mass is 529 g/mol. The number of nitrogen functional groups attached to an aromatic ring is 1. The maximum atomic E-state index is 13.2. The van der Waals surface area contributed by atoms with E-state index < -0.39 is 18.0 Å². The highest BCUT2D eigenvalue weighted by atomic mass is 19.1. The molecule has 1 aliphatic rings. The van der Waals surface area contributed by atoms with Gasteiger partial charge in [-0.05, 0) is 43.6 Å². The predicted molar refractivity (Wildman–Crippen MR) is 142 cm³/mol. The lowest BCUT2D eigenvalue weighted by atomic mass is 10.1. The van der Waals surface area contributed by atoms with Gasteiger partial charge in [0.1, 0.15) is 5.82 Å². The highest BCUT2D eigenvalue weighted by Crippen LogP contribution is 2.25. The van der Waals surface area contributed by atoms with Gasteiger partial charge in [0.2, 0.25) is 6.10 Å². The number of amides is 1. The molecule has 10 nitrogen and oxygen atoms in total. The van der Waals surface area contributed by atoms with Crippen molar-refractivity contribution in [2.45, 2.75) is 31.5 Å². The van der Waals surface area contributed by atoms with Crippen molar-refractivity contribution in [1.29, 1.82) is 0 Å². The average Bonchev–Trinajstić information content (AvgIpc) is 3.47. The van der Waals surface area contributed by atoms with Crippen molar-refractivity contribution < 1.29 is 18.7 Å². The average molecular weight is 530 g/mol. The number of rotatable bonds is 8. The largest absolute Gasteiger partial charge is 0.442 e. The molecule has 200 valence electrons. The van der Waals surface area contributed by atoms with Gasteiger partial charge in [-0.2, -0.15) is 5.10 Å². The standard InChI is InChI=1S/C28H28FN7O3/c29-21-8-6-18(7-9-21)14-33-27(37)25(19-4-2-1-3-5-19)39-28(38)24-26(30)32-16-23(35-24)20-15-34-36(17-20)22-10-12-31-13-11-22/h1-9,15-17,22,25,31H,10-14H2,(H2,30,32)(H,33,37)/t25-/m1/s1. The van der Waals surface area contributed by atoms with Crippen molar-refractivity contribution in [3.05, 3.63) is 95.8 Å². The lowest BCUT2D eigenvalue weighted by Crippen LogP contribution is -2.32. The molecule has 11 heteroatoms. The highest BCUT2D eigenvalue weighted by molar-refractivity contribution is 5.95. The first-order valence-electron chi connectivity index (χ1n) is 12.6. The van der Waals surface area contributed by atoms with Crippen LogP contribution < -0.4 is 16.4 Å². The Morgan fingerprint density at radius 1 is 1.10 bits per heavy atom. The number of anilines is 1. The SMILES string of the molecule is Nc1ncc(-c2cnn(C3CCNCC3)c2)nc1C(=O)O[C@@H](C(=O)NCc1ccc(F)cc1)c1ccccc1. The molecule has 2 aromatic carbocycles. The van der Waals surface area contributed by atoms with Gasteiger partial charge in [0.25, 0.3) is 5.91 Å². The van der Waals surface area contributed by atoms with Crippen LogP contribution in [0.3, 0.4) is 0 Å². The fourth-order valence-corrected chi connectivity index (χ4v) is 4.38. The van der Waals surface area contributed by atoms with Crippen LogP contribution in [0.5, 0.6) is 0 Å². The zero-order chi connectivity index (χ0) is 27.2. The van der Waals surface area contributed by atoms with Crippen molar-refractivity contribution in [2.24, 2.45) is 0 Å². The number of ether oxygens (including phenoxy) is 1. The summed E-state index contributed by atoms with van der Waals surface area (Å²) < 4.78 is 20.8. The number of carbonyl (C=O) groups excluding carboxylic acids is 2. The summed E-state index contributed by atoms with van der Waals surface area (Å²) in [5, 5.41) is 10.5. The van der Waals surface area contributed by atoms with Crippen molar-refractivity contribution in [1.82, 2.24) is 30.4 Å². The number of piperidine rings is 1. The van der Waals surface area contributed by atoms with Crippen molar-refractivity contribution in [3.63, 3.8) is 0 Å². The van der Waals surface area contributed by atoms with Gasteiger partial charge in [-0.1, -0.05) is 42.5 Å². The number of esters is 1. The second kappa shape index (κ2) is 11.8. The molecule has 2 aromatic heterocycles. The van der Waals surface area contributed by atoms with E-state index in [1.165, 1.54) is 18.3 Å². The van der Waals surface area contributed by atoms with Gasteiger partial charge >= 0.3 is 5.97 Å². The van der Waals surface area contributed by atoms with Gasteiger partial charge in [-0.3, -0.25) is 9.48 Å². The lowest BCUT2D eigenvalue weighted by Gasteiger charge is -2.22. The molecular weight excluding hydrogens is 501 g/mol. The Hall–Kier alpha value is -4.64. The van der Waals surface area contributed by atoms with Crippen LogP contribution in [-0.4, -0.2) is 44.7 Å². The molecule has 5 rings (SSSR count). The Bertz CT molecular complexity index is 1440. The minimum absolute atomic E-state index is 0.118. The number of aromatic nitrogens is 4. The molecule has 1 atom stereocenters. The van der Waals surface area contributed by atoms with Gasteiger partial charge < -0.3 is 21.1 Å². The first-order chi connectivity index (χ1) is 19.0. The molecule has 0 saturated carbocycles. The summed E-state index contributed by atoms with van der Waals surface area (Å²) in [4.78, 5) is 34.9. The van der Waals surface area contributed by atoms with E-state index in [1.54, 1.807) is 48.7 Å². The first kappa shape index (κ1) is 26.0. The van der Waals surface area contributed by atoms with Crippen LogP contribution in [0.15, 0.2) is 73.2 Å². The van der Waals surface area contributed by atoms with Crippen LogP contribution in [0.25, 0.3) is 11.3 Å². The van der Waals surface area contributed by atoms with Gasteiger partial charge in [0.15, 0.2) is 11.5 Å². The van der Waals surface area contributed by atoms with Crippen molar-refractivity contribution in [3.8, 4) is 11.3 Å². The second-order valence-corrected chi connectivity index (χ2v) is 9.22. The zero-order valence-corrected chi connectivity index (χ0v) is 21.1. The summed E-state index contributed by atoms with van der Waals surface area (Å²) >= 11 is 0. The Morgan fingerprint density at radius 3 is 2.59 bits per heavy atom. The van der Waals surface area contributed by atoms with Crippen LogP contribution in [0.2, 0.25) is 0 Å². The van der Waals surface area contributed by atoms with Crippen LogP contribution in [0, 0.1) is 5.82 Å². The molecule has 1 aliphatic heterocycles. The summed E-state index contributed by atoms with van der Waals surface area (Å²) in [6.45, 7) is 1.98. The summed E-state index contributed by atoms with van der Waals surface area (Å²) in [5.74, 6) is -1.93. The summed E-state index contributed by atoms with van der Waals surface area (Å²) in [6, 6.07) is 14.6. The van der Waals surface area contributed by atoms with E-state index in [-0.39, 0.29) is 29.9 Å². The molecule has 1 fully saturated rings. The quantitative estimate of drug-likeness (QED) is 0.296. The molecule has 0 spiro atoms. The van der Waals surface area contributed by atoms with Gasteiger partial charge in [0, 0.05) is 23.9 Å². The van der Waals surface area contributed by atoms with Crippen LogP contribution in [0.4, 0.5) is 10.2 Å². The third-order valence-electron chi connectivity index (χ3n) is 6.52. The molecule has 0 aliphatic carbocycles. The Morgan fingerprint density at radius 2 is 1.85 bits per heavy atom. The summed E-state index contributed by atoms with van der Waals surface area (Å²) in [7, 11) is 0. The van der Waals surface area contributed by atoms with E-state index in [1.807, 2.05) is 10.9 Å². The maximum Gasteiger partial charge on any atom is 0.361 e. The van der Waals surface area contributed by atoms with E-state index in [0.29, 0.717) is 22.4 Å². The van der Waals surface area contributed by atoms with Crippen molar-refractivity contribution >= 4 is 17.7 Å². The molecule has 0 radical (unpaired) electrons. The number of hydrogen-bond acceptors (Lipinski definition) is 8. The molecule has 4 aromatic rings. The topological polar surface area (TPSA) is 137 Å².